The molecule has 0 aliphatic rings. The van der Waals surface area contributed by atoms with Gasteiger partial charge in [-0.3, -0.25) is 0 Å². The minimum Gasteiger partial charge on any atom is -0.479 e. The molecule has 0 spiro atoms. The van der Waals surface area contributed by atoms with Crippen LogP contribution in [0.15, 0.2) is 42.5 Å². The van der Waals surface area contributed by atoms with Gasteiger partial charge in [0.1, 0.15) is 0 Å². The van der Waals surface area contributed by atoms with Gasteiger partial charge in [-0.25, -0.2) is 4.79 Å². The molecule has 1 aromatic carbocycles. The summed E-state index contributed by atoms with van der Waals surface area (Å²) in [5, 5.41) is 18.1. The standard InChI is InChI=1S/C13H12O3S/c14-12(13(15)16)11-7-6-10(17-11)8-9-4-2-1-3-5-9/h1-7,12,14H,8H2,(H,15,16). The largest absolute Gasteiger partial charge is 0.479 e. The van der Waals surface area contributed by atoms with Gasteiger partial charge in [-0.05, 0) is 17.7 Å². The van der Waals surface area contributed by atoms with Gasteiger partial charge in [0.05, 0.1) is 0 Å². The van der Waals surface area contributed by atoms with Crippen LogP contribution in [0, 0.1) is 0 Å². The third kappa shape index (κ3) is 2.93. The van der Waals surface area contributed by atoms with E-state index in [0.29, 0.717) is 4.88 Å². The van der Waals surface area contributed by atoms with Gasteiger partial charge < -0.3 is 10.2 Å². The lowest BCUT2D eigenvalue weighted by Crippen LogP contribution is -2.08. The molecule has 0 fully saturated rings. The number of aliphatic carboxylic acids is 1. The summed E-state index contributed by atoms with van der Waals surface area (Å²) in [7, 11) is 0. The van der Waals surface area contributed by atoms with Crippen molar-refractivity contribution in [3.8, 4) is 0 Å². The maximum atomic E-state index is 10.6. The fourth-order valence-corrected chi connectivity index (χ4v) is 2.58. The molecule has 0 radical (unpaired) electrons. The number of aliphatic hydroxyl groups excluding tert-OH is 1. The number of aliphatic hydroxyl groups is 1. The molecule has 4 heteroatoms. The van der Waals surface area contributed by atoms with Crippen molar-refractivity contribution in [3.63, 3.8) is 0 Å². The van der Waals surface area contributed by atoms with Crippen LogP contribution in [-0.4, -0.2) is 16.2 Å². The fourth-order valence-electron chi connectivity index (χ4n) is 1.56. The summed E-state index contributed by atoms with van der Waals surface area (Å²) in [5.74, 6) is -1.21. The molecule has 0 aliphatic carbocycles. The molecule has 0 bridgehead atoms. The van der Waals surface area contributed by atoms with Crippen molar-refractivity contribution in [2.45, 2.75) is 12.5 Å². The first-order chi connectivity index (χ1) is 8.16. The molecular weight excluding hydrogens is 236 g/mol. The molecule has 1 heterocycles. The number of rotatable bonds is 4. The van der Waals surface area contributed by atoms with E-state index in [-0.39, 0.29) is 0 Å². The Labute approximate surface area is 103 Å². The second-order valence-corrected chi connectivity index (χ2v) is 4.91. The number of hydrogen-bond acceptors (Lipinski definition) is 3. The van der Waals surface area contributed by atoms with E-state index in [1.165, 1.54) is 16.9 Å². The Morgan fingerprint density at radius 1 is 1.18 bits per heavy atom. The summed E-state index contributed by atoms with van der Waals surface area (Å²) in [6.07, 6.45) is -0.651. The molecule has 2 rings (SSSR count). The second kappa shape index (κ2) is 5.12. The number of carbonyl (C=O) groups is 1. The quantitative estimate of drug-likeness (QED) is 0.873. The number of carboxylic acid groups (broad SMARTS) is 1. The van der Waals surface area contributed by atoms with Crippen molar-refractivity contribution in [3.05, 3.63) is 57.8 Å². The van der Waals surface area contributed by atoms with Crippen molar-refractivity contribution in [1.82, 2.24) is 0 Å². The average Bonchev–Trinajstić information content (AvgIpc) is 2.77. The van der Waals surface area contributed by atoms with E-state index < -0.39 is 12.1 Å². The molecule has 2 N–H and O–H groups in total. The topological polar surface area (TPSA) is 57.5 Å². The molecule has 1 unspecified atom stereocenters. The summed E-state index contributed by atoms with van der Waals surface area (Å²) in [6, 6.07) is 13.5. The van der Waals surface area contributed by atoms with Crippen LogP contribution in [0.4, 0.5) is 0 Å². The molecular formula is C13H12O3S. The van der Waals surface area contributed by atoms with Crippen molar-refractivity contribution in [2.75, 3.05) is 0 Å². The van der Waals surface area contributed by atoms with Crippen molar-refractivity contribution >= 4 is 17.3 Å². The van der Waals surface area contributed by atoms with Crippen LogP contribution in [0.5, 0.6) is 0 Å². The molecule has 0 saturated heterocycles. The maximum Gasteiger partial charge on any atom is 0.338 e. The van der Waals surface area contributed by atoms with Crippen LogP contribution >= 0.6 is 11.3 Å². The van der Waals surface area contributed by atoms with Gasteiger partial charge in [0.2, 0.25) is 0 Å². The minimum atomic E-state index is -1.41. The minimum absolute atomic E-state index is 0.475. The SMILES string of the molecule is O=C(O)C(O)c1ccc(Cc2ccccc2)s1. The zero-order valence-electron chi connectivity index (χ0n) is 9.04. The summed E-state index contributed by atoms with van der Waals surface area (Å²) in [6.45, 7) is 0. The molecule has 2 aromatic rings. The number of hydrogen-bond donors (Lipinski definition) is 2. The van der Waals surface area contributed by atoms with Gasteiger partial charge in [0.15, 0.2) is 6.10 Å². The Morgan fingerprint density at radius 3 is 2.53 bits per heavy atom. The summed E-state index contributed by atoms with van der Waals surface area (Å²) < 4.78 is 0. The van der Waals surface area contributed by atoms with E-state index in [2.05, 4.69) is 0 Å². The van der Waals surface area contributed by atoms with Crippen LogP contribution in [0.3, 0.4) is 0 Å². The number of benzene rings is 1. The lowest BCUT2D eigenvalue weighted by molar-refractivity contribution is -0.146. The first kappa shape index (κ1) is 11.8. The highest BCUT2D eigenvalue weighted by atomic mass is 32.1. The molecule has 1 atom stereocenters. The number of thiophene rings is 1. The maximum absolute atomic E-state index is 10.6. The summed E-state index contributed by atoms with van der Waals surface area (Å²) in [4.78, 5) is 12.1. The van der Waals surface area contributed by atoms with Gasteiger partial charge in [-0.2, -0.15) is 0 Å². The molecule has 0 amide bonds. The molecule has 88 valence electrons. The van der Waals surface area contributed by atoms with Gasteiger partial charge in [-0.15, -0.1) is 11.3 Å². The van der Waals surface area contributed by atoms with Crippen LogP contribution in [0.1, 0.15) is 21.4 Å². The highest BCUT2D eigenvalue weighted by molar-refractivity contribution is 7.12. The smallest absolute Gasteiger partial charge is 0.338 e. The summed E-state index contributed by atoms with van der Waals surface area (Å²) in [5.41, 5.74) is 1.17. The van der Waals surface area contributed by atoms with E-state index in [1.807, 2.05) is 36.4 Å². The lowest BCUT2D eigenvalue weighted by atomic mass is 10.1. The van der Waals surface area contributed by atoms with Crippen molar-refractivity contribution < 1.29 is 15.0 Å². The average molecular weight is 248 g/mol. The van der Waals surface area contributed by atoms with Gasteiger partial charge >= 0.3 is 5.97 Å². The zero-order valence-corrected chi connectivity index (χ0v) is 9.85. The first-order valence-electron chi connectivity index (χ1n) is 5.20. The first-order valence-corrected chi connectivity index (χ1v) is 6.02. The zero-order chi connectivity index (χ0) is 12.3. The molecule has 3 nitrogen and oxygen atoms in total. The third-order valence-electron chi connectivity index (χ3n) is 2.41. The van der Waals surface area contributed by atoms with E-state index in [0.717, 1.165) is 11.3 Å². The Kier molecular flexibility index (Phi) is 3.56. The van der Waals surface area contributed by atoms with Crippen LogP contribution in [0.2, 0.25) is 0 Å². The fraction of sp³-hybridized carbons (Fsp3) is 0.154. The molecule has 17 heavy (non-hydrogen) atoms. The lowest BCUT2D eigenvalue weighted by Gasteiger charge is -2.00. The monoisotopic (exact) mass is 248 g/mol. The van der Waals surface area contributed by atoms with Gasteiger partial charge in [0, 0.05) is 16.2 Å². The van der Waals surface area contributed by atoms with Crippen molar-refractivity contribution in [2.24, 2.45) is 0 Å². The Bertz CT molecular complexity index is 504. The van der Waals surface area contributed by atoms with Crippen LogP contribution in [-0.2, 0) is 11.2 Å². The predicted octanol–water partition coefficient (Wildman–Crippen LogP) is 2.46. The third-order valence-corrected chi connectivity index (χ3v) is 3.54. The second-order valence-electron chi connectivity index (χ2n) is 3.71. The molecule has 0 aliphatic heterocycles. The van der Waals surface area contributed by atoms with E-state index >= 15 is 0 Å². The van der Waals surface area contributed by atoms with Crippen LogP contribution in [0.25, 0.3) is 0 Å². The Balaban J connectivity index is 2.11. The Hall–Kier alpha value is -1.65. The summed E-state index contributed by atoms with van der Waals surface area (Å²) >= 11 is 1.33. The van der Waals surface area contributed by atoms with Crippen LogP contribution < -0.4 is 0 Å². The molecule has 1 aromatic heterocycles. The molecule has 0 saturated carbocycles. The Morgan fingerprint density at radius 2 is 1.88 bits per heavy atom. The van der Waals surface area contributed by atoms with Gasteiger partial charge in [-0.1, -0.05) is 30.3 Å². The van der Waals surface area contributed by atoms with Gasteiger partial charge in [0.25, 0.3) is 0 Å². The highest BCUT2D eigenvalue weighted by Crippen LogP contribution is 2.25. The highest BCUT2D eigenvalue weighted by Gasteiger charge is 2.17. The normalized spacial score (nSPS) is 12.3. The van der Waals surface area contributed by atoms with E-state index in [9.17, 15) is 9.90 Å². The predicted molar refractivity (Wildman–Crippen MR) is 66.2 cm³/mol. The van der Waals surface area contributed by atoms with Crippen molar-refractivity contribution in [1.29, 1.82) is 0 Å². The van der Waals surface area contributed by atoms with E-state index in [4.69, 9.17) is 5.11 Å². The van der Waals surface area contributed by atoms with E-state index in [1.54, 1.807) is 6.07 Å². The number of carboxylic acids is 1.